The van der Waals surface area contributed by atoms with E-state index in [1.807, 2.05) is 6.07 Å². The van der Waals surface area contributed by atoms with Crippen LogP contribution in [0.2, 0.25) is 5.02 Å². The number of hydrogen-bond acceptors (Lipinski definition) is 3. The zero-order valence-electron chi connectivity index (χ0n) is 9.89. The number of carbonyl (C=O) groups excluding carboxylic acids is 1. The quantitative estimate of drug-likeness (QED) is 0.611. The summed E-state index contributed by atoms with van der Waals surface area (Å²) in [5, 5.41) is 9.00. The van der Waals surface area contributed by atoms with Crippen molar-refractivity contribution in [3.8, 4) is 0 Å². The van der Waals surface area contributed by atoms with Gasteiger partial charge >= 0.3 is 11.9 Å². The summed E-state index contributed by atoms with van der Waals surface area (Å²) < 4.78 is 5.05. The van der Waals surface area contributed by atoms with E-state index in [0.29, 0.717) is 17.9 Å². The van der Waals surface area contributed by atoms with Crippen LogP contribution in [0, 0.1) is 0 Å². The van der Waals surface area contributed by atoms with E-state index >= 15 is 0 Å². The van der Waals surface area contributed by atoms with Gasteiger partial charge in [-0.2, -0.15) is 0 Å². The number of unbranched alkanes of at least 4 members (excludes halogenated alkanes) is 1. The molecule has 1 aromatic carbocycles. The van der Waals surface area contributed by atoms with Gasteiger partial charge in [0.25, 0.3) is 0 Å². The van der Waals surface area contributed by atoms with Crippen molar-refractivity contribution in [3.63, 3.8) is 0 Å². The molecule has 98 valence electrons. The first kappa shape index (κ1) is 14.5. The van der Waals surface area contributed by atoms with E-state index in [0.717, 1.165) is 5.56 Å². The molecular weight excluding hydrogens is 256 g/mol. The highest BCUT2D eigenvalue weighted by atomic mass is 35.5. The summed E-state index contributed by atoms with van der Waals surface area (Å²) in [4.78, 5) is 21.6. The lowest BCUT2D eigenvalue weighted by molar-refractivity contribution is -0.145. The molecule has 1 N–H and O–H groups in total. The van der Waals surface area contributed by atoms with Crippen LogP contribution < -0.4 is 0 Å². The molecule has 0 amide bonds. The molecule has 4 nitrogen and oxygen atoms in total. The molecule has 0 aliphatic rings. The number of carboxylic acid groups (broad SMARTS) is 1. The molecule has 0 heterocycles. The molecule has 0 spiro atoms. The summed E-state index contributed by atoms with van der Waals surface area (Å²) in [7, 11) is 0. The predicted octanol–water partition coefficient (Wildman–Crippen LogP) is 3.03. The second kappa shape index (κ2) is 7.71. The van der Waals surface area contributed by atoms with Crippen LogP contribution in [0.25, 0.3) is 0 Å². The molecule has 5 heteroatoms. The Hall–Kier alpha value is -1.55. The van der Waals surface area contributed by atoms with Crippen LogP contribution in [0.3, 0.4) is 0 Å². The van der Waals surface area contributed by atoms with Crippen LogP contribution in [0.5, 0.6) is 0 Å². The van der Waals surface area contributed by atoms with Crippen molar-refractivity contribution >= 4 is 23.5 Å². The fourth-order valence-corrected chi connectivity index (χ4v) is 1.58. The molecule has 0 radical (unpaired) electrons. The fraction of sp³-hybridized carbons (Fsp3) is 0.385. The molecule has 1 rings (SSSR count). The van der Waals surface area contributed by atoms with E-state index in [1.165, 1.54) is 0 Å². The summed E-state index contributed by atoms with van der Waals surface area (Å²) in [5.41, 5.74) is 0.762. The van der Waals surface area contributed by atoms with Gasteiger partial charge in [0.1, 0.15) is 6.61 Å². The lowest BCUT2D eigenvalue weighted by Crippen LogP contribution is -2.05. The van der Waals surface area contributed by atoms with Crippen molar-refractivity contribution in [2.45, 2.75) is 32.3 Å². The second-order valence-electron chi connectivity index (χ2n) is 3.85. The van der Waals surface area contributed by atoms with Crippen molar-refractivity contribution in [2.24, 2.45) is 0 Å². The Morgan fingerprint density at radius 2 is 1.83 bits per heavy atom. The average Bonchev–Trinajstić information content (AvgIpc) is 2.33. The van der Waals surface area contributed by atoms with Gasteiger partial charge in [-0.15, -0.1) is 0 Å². The zero-order valence-corrected chi connectivity index (χ0v) is 10.7. The molecule has 0 aliphatic carbocycles. The third-order valence-electron chi connectivity index (χ3n) is 2.37. The van der Waals surface area contributed by atoms with Gasteiger partial charge in [0.2, 0.25) is 0 Å². The minimum absolute atomic E-state index is 0.0811. The number of carbonyl (C=O) groups is 2. The van der Waals surface area contributed by atoms with E-state index in [9.17, 15) is 9.59 Å². The molecule has 0 saturated heterocycles. The van der Waals surface area contributed by atoms with Crippen molar-refractivity contribution in [2.75, 3.05) is 0 Å². The lowest BCUT2D eigenvalue weighted by Gasteiger charge is -2.06. The zero-order chi connectivity index (χ0) is 13.4. The SMILES string of the molecule is O=C(O)CCCCC(=O)OCc1ccccc1Cl. The highest BCUT2D eigenvalue weighted by Crippen LogP contribution is 2.16. The minimum atomic E-state index is -0.848. The Labute approximate surface area is 111 Å². The van der Waals surface area contributed by atoms with Crippen molar-refractivity contribution < 1.29 is 19.4 Å². The maximum atomic E-state index is 11.4. The van der Waals surface area contributed by atoms with Crippen molar-refractivity contribution in [1.82, 2.24) is 0 Å². The largest absolute Gasteiger partial charge is 0.481 e. The monoisotopic (exact) mass is 270 g/mol. The van der Waals surface area contributed by atoms with Gasteiger partial charge in [-0.05, 0) is 18.9 Å². The third kappa shape index (κ3) is 5.68. The predicted molar refractivity (Wildman–Crippen MR) is 67.4 cm³/mol. The average molecular weight is 271 g/mol. The number of esters is 1. The minimum Gasteiger partial charge on any atom is -0.481 e. The van der Waals surface area contributed by atoms with E-state index in [1.54, 1.807) is 18.2 Å². The molecule has 0 bridgehead atoms. The molecule has 0 aromatic heterocycles. The molecule has 0 fully saturated rings. The number of ether oxygens (including phenoxy) is 1. The first-order valence-corrected chi connectivity index (χ1v) is 6.08. The number of hydrogen-bond donors (Lipinski definition) is 1. The van der Waals surface area contributed by atoms with Gasteiger partial charge in [0.05, 0.1) is 0 Å². The Kier molecular flexibility index (Phi) is 6.22. The van der Waals surface area contributed by atoms with Crippen LogP contribution in [-0.4, -0.2) is 17.0 Å². The number of benzene rings is 1. The fourth-order valence-electron chi connectivity index (χ4n) is 1.39. The Bertz CT molecular complexity index is 417. The van der Waals surface area contributed by atoms with Crippen LogP contribution in [0.4, 0.5) is 0 Å². The van der Waals surface area contributed by atoms with E-state index in [-0.39, 0.29) is 25.4 Å². The number of carboxylic acids is 1. The van der Waals surface area contributed by atoms with Crippen LogP contribution in [-0.2, 0) is 20.9 Å². The maximum Gasteiger partial charge on any atom is 0.306 e. The van der Waals surface area contributed by atoms with Crippen molar-refractivity contribution in [1.29, 1.82) is 0 Å². The lowest BCUT2D eigenvalue weighted by atomic mass is 10.2. The standard InChI is InChI=1S/C13H15ClO4/c14-11-6-2-1-5-10(11)9-18-13(17)8-4-3-7-12(15)16/h1-2,5-6H,3-4,7-9H2,(H,15,16). The van der Waals surface area contributed by atoms with E-state index in [4.69, 9.17) is 21.4 Å². The highest BCUT2D eigenvalue weighted by Gasteiger charge is 2.06. The molecule has 0 unspecified atom stereocenters. The van der Waals surface area contributed by atoms with E-state index < -0.39 is 5.97 Å². The molecule has 1 aromatic rings. The van der Waals surface area contributed by atoms with Crippen LogP contribution >= 0.6 is 11.6 Å². The molecule has 0 atom stereocenters. The number of rotatable bonds is 7. The summed E-state index contributed by atoms with van der Waals surface area (Å²) in [6.07, 6.45) is 1.32. The first-order valence-electron chi connectivity index (χ1n) is 5.70. The topological polar surface area (TPSA) is 63.6 Å². The van der Waals surface area contributed by atoms with E-state index in [2.05, 4.69) is 0 Å². The number of aliphatic carboxylic acids is 1. The number of halogens is 1. The van der Waals surface area contributed by atoms with Crippen molar-refractivity contribution in [3.05, 3.63) is 34.9 Å². The van der Waals surface area contributed by atoms with Crippen LogP contribution in [0.15, 0.2) is 24.3 Å². The van der Waals surface area contributed by atoms with Gasteiger partial charge in [0, 0.05) is 23.4 Å². The van der Waals surface area contributed by atoms with Gasteiger partial charge < -0.3 is 9.84 Å². The Balaban J connectivity index is 2.21. The van der Waals surface area contributed by atoms with Crippen LogP contribution in [0.1, 0.15) is 31.2 Å². The molecule has 0 aliphatic heterocycles. The molecule has 18 heavy (non-hydrogen) atoms. The Morgan fingerprint density at radius 3 is 2.50 bits per heavy atom. The first-order chi connectivity index (χ1) is 8.59. The second-order valence-corrected chi connectivity index (χ2v) is 4.26. The Morgan fingerprint density at radius 1 is 1.17 bits per heavy atom. The highest BCUT2D eigenvalue weighted by molar-refractivity contribution is 6.31. The van der Waals surface area contributed by atoms with Gasteiger partial charge in [0.15, 0.2) is 0 Å². The third-order valence-corrected chi connectivity index (χ3v) is 2.74. The van der Waals surface area contributed by atoms with Gasteiger partial charge in [-0.3, -0.25) is 9.59 Å². The summed E-state index contributed by atoms with van der Waals surface area (Å²) in [6, 6.07) is 7.15. The van der Waals surface area contributed by atoms with Gasteiger partial charge in [-0.1, -0.05) is 29.8 Å². The van der Waals surface area contributed by atoms with Gasteiger partial charge in [-0.25, -0.2) is 0 Å². The summed E-state index contributed by atoms with van der Waals surface area (Å²) in [5.74, 6) is -1.18. The normalized spacial score (nSPS) is 10.1. The molecular formula is C13H15ClO4. The maximum absolute atomic E-state index is 11.4. The summed E-state index contributed by atoms with van der Waals surface area (Å²) in [6.45, 7) is 0.150. The smallest absolute Gasteiger partial charge is 0.306 e. The summed E-state index contributed by atoms with van der Waals surface area (Å²) >= 11 is 5.91. The molecule has 0 saturated carbocycles.